The fraction of sp³-hybridized carbons (Fsp3) is 0.310. The molecular formula is C29H33Cl2N3O4S. The van der Waals surface area contributed by atoms with Crippen molar-refractivity contribution in [1.82, 2.24) is 10.2 Å². The molecule has 7 nitrogen and oxygen atoms in total. The summed E-state index contributed by atoms with van der Waals surface area (Å²) in [7, 11) is -4.24. The summed E-state index contributed by atoms with van der Waals surface area (Å²) >= 11 is 12.7. The van der Waals surface area contributed by atoms with Crippen molar-refractivity contribution in [2.24, 2.45) is 0 Å². The Labute approximate surface area is 240 Å². The largest absolute Gasteiger partial charge is 0.352 e. The first-order valence-corrected chi connectivity index (χ1v) is 14.7. The monoisotopic (exact) mass is 589 g/mol. The van der Waals surface area contributed by atoms with Crippen LogP contribution in [0.1, 0.15) is 37.5 Å². The summed E-state index contributed by atoms with van der Waals surface area (Å²) < 4.78 is 28.8. The topological polar surface area (TPSA) is 86.8 Å². The van der Waals surface area contributed by atoms with Gasteiger partial charge in [0.05, 0.1) is 15.6 Å². The van der Waals surface area contributed by atoms with Gasteiger partial charge in [-0.1, -0.05) is 65.2 Å². The molecule has 0 unspecified atom stereocenters. The Kier molecular flexibility index (Phi) is 10.0. The number of sulfonamides is 1. The van der Waals surface area contributed by atoms with Gasteiger partial charge in [-0.25, -0.2) is 8.42 Å². The molecule has 0 aliphatic rings. The quantitative estimate of drug-likeness (QED) is 0.326. The second-order valence-electron chi connectivity index (χ2n) is 9.71. The summed E-state index contributed by atoms with van der Waals surface area (Å²) in [5.41, 5.74) is 2.72. The van der Waals surface area contributed by atoms with Gasteiger partial charge in [-0.2, -0.15) is 0 Å². The van der Waals surface area contributed by atoms with Gasteiger partial charge in [-0.15, -0.1) is 0 Å². The van der Waals surface area contributed by atoms with Gasteiger partial charge in [-0.3, -0.25) is 13.9 Å². The molecule has 0 aliphatic heterocycles. The first-order valence-electron chi connectivity index (χ1n) is 12.5. The average molecular weight is 591 g/mol. The lowest BCUT2D eigenvalue weighted by Crippen LogP contribution is -2.52. The van der Waals surface area contributed by atoms with E-state index < -0.39 is 28.5 Å². The highest BCUT2D eigenvalue weighted by atomic mass is 35.5. The third kappa shape index (κ3) is 7.53. The molecule has 0 bridgehead atoms. The van der Waals surface area contributed by atoms with Gasteiger partial charge in [-0.05, 0) is 76.1 Å². The Morgan fingerprint density at radius 3 is 2.18 bits per heavy atom. The SMILES string of the molecule is Cc1ccc(S(=O)(=O)N(CC(=O)N(Cc2ccccc2C)[C@H](C)C(=O)NC(C)C)c2cc(Cl)ccc2Cl)cc1. The van der Waals surface area contributed by atoms with Crippen molar-refractivity contribution in [3.63, 3.8) is 0 Å². The van der Waals surface area contributed by atoms with E-state index in [9.17, 15) is 18.0 Å². The molecule has 0 spiro atoms. The van der Waals surface area contributed by atoms with E-state index in [1.807, 2.05) is 52.0 Å². The van der Waals surface area contributed by atoms with E-state index in [-0.39, 0.29) is 39.1 Å². The molecule has 3 aromatic rings. The molecule has 3 aromatic carbocycles. The zero-order valence-corrected chi connectivity index (χ0v) is 24.9. The number of carbonyl (C=O) groups is 2. The van der Waals surface area contributed by atoms with Gasteiger partial charge < -0.3 is 10.2 Å². The molecule has 10 heteroatoms. The number of hydrogen-bond donors (Lipinski definition) is 1. The standard InChI is InChI=1S/C29H33Cl2N3O4S/c1-19(2)32-29(36)22(5)33(17-23-9-7-6-8-21(23)4)28(35)18-34(27-16-24(30)12-15-26(27)31)39(37,38)25-13-10-20(3)11-14-25/h6-16,19,22H,17-18H2,1-5H3,(H,32,36)/t22-/m1/s1. The van der Waals surface area contributed by atoms with E-state index in [1.54, 1.807) is 19.1 Å². The van der Waals surface area contributed by atoms with Crippen molar-refractivity contribution >= 4 is 50.7 Å². The predicted molar refractivity (Wildman–Crippen MR) is 157 cm³/mol. The number of rotatable bonds is 10. The summed E-state index contributed by atoms with van der Waals surface area (Å²) in [5, 5.41) is 3.20. The molecule has 3 rings (SSSR count). The minimum Gasteiger partial charge on any atom is -0.352 e. The molecular weight excluding hydrogens is 557 g/mol. The summed E-state index contributed by atoms with van der Waals surface area (Å²) in [6.45, 7) is 8.56. The Morgan fingerprint density at radius 1 is 0.923 bits per heavy atom. The summed E-state index contributed by atoms with van der Waals surface area (Å²) in [4.78, 5) is 28.3. The van der Waals surface area contributed by atoms with Gasteiger partial charge in [0, 0.05) is 17.6 Å². The lowest BCUT2D eigenvalue weighted by Gasteiger charge is -2.33. The number of nitrogens with one attached hydrogen (secondary N) is 1. The number of halogens is 2. The van der Waals surface area contributed by atoms with Crippen molar-refractivity contribution in [1.29, 1.82) is 0 Å². The van der Waals surface area contributed by atoms with Crippen molar-refractivity contribution in [2.45, 2.75) is 58.1 Å². The predicted octanol–water partition coefficient (Wildman–Crippen LogP) is 5.75. The molecule has 0 aromatic heterocycles. The zero-order valence-electron chi connectivity index (χ0n) is 22.6. The average Bonchev–Trinajstić information content (AvgIpc) is 2.87. The van der Waals surface area contributed by atoms with E-state index in [4.69, 9.17) is 23.2 Å². The maximum Gasteiger partial charge on any atom is 0.264 e. The third-order valence-corrected chi connectivity index (χ3v) is 8.59. The van der Waals surface area contributed by atoms with Crippen molar-refractivity contribution in [3.8, 4) is 0 Å². The number of anilines is 1. The fourth-order valence-corrected chi connectivity index (χ4v) is 5.85. The second-order valence-corrected chi connectivity index (χ2v) is 12.4. The highest BCUT2D eigenvalue weighted by Crippen LogP contribution is 2.33. The normalized spacial score (nSPS) is 12.2. The molecule has 208 valence electrons. The minimum absolute atomic E-state index is 0.00649. The smallest absolute Gasteiger partial charge is 0.264 e. The fourth-order valence-electron chi connectivity index (χ4n) is 3.99. The number of amides is 2. The Hall–Kier alpha value is -3.07. The second kappa shape index (κ2) is 12.9. The van der Waals surface area contributed by atoms with Gasteiger partial charge in [0.1, 0.15) is 12.6 Å². The maximum absolute atomic E-state index is 14.0. The van der Waals surface area contributed by atoms with E-state index in [1.165, 1.54) is 35.2 Å². The van der Waals surface area contributed by atoms with E-state index >= 15 is 0 Å². The Balaban J connectivity index is 2.09. The van der Waals surface area contributed by atoms with Crippen LogP contribution in [0, 0.1) is 13.8 Å². The van der Waals surface area contributed by atoms with E-state index in [0.717, 1.165) is 21.0 Å². The number of carbonyl (C=O) groups excluding carboxylic acids is 2. The van der Waals surface area contributed by atoms with Crippen LogP contribution in [-0.2, 0) is 26.2 Å². The van der Waals surface area contributed by atoms with Crippen molar-refractivity contribution < 1.29 is 18.0 Å². The van der Waals surface area contributed by atoms with Crippen LogP contribution >= 0.6 is 23.2 Å². The summed E-state index contributed by atoms with van der Waals surface area (Å²) in [6, 6.07) is 17.2. The van der Waals surface area contributed by atoms with Crippen molar-refractivity contribution in [3.05, 3.63) is 93.5 Å². The van der Waals surface area contributed by atoms with Gasteiger partial charge in [0.15, 0.2) is 0 Å². The first-order chi connectivity index (χ1) is 18.3. The van der Waals surface area contributed by atoms with Gasteiger partial charge in [0.2, 0.25) is 11.8 Å². The van der Waals surface area contributed by atoms with Crippen molar-refractivity contribution in [2.75, 3.05) is 10.8 Å². The van der Waals surface area contributed by atoms with Crippen LogP contribution in [0.5, 0.6) is 0 Å². The van der Waals surface area contributed by atoms with Crippen LogP contribution in [0.4, 0.5) is 5.69 Å². The zero-order chi connectivity index (χ0) is 28.9. The van der Waals surface area contributed by atoms with Crippen LogP contribution in [0.25, 0.3) is 0 Å². The molecule has 0 radical (unpaired) electrons. The number of nitrogens with zero attached hydrogens (tertiary/aromatic N) is 2. The highest BCUT2D eigenvalue weighted by molar-refractivity contribution is 7.92. The lowest BCUT2D eigenvalue weighted by atomic mass is 10.1. The van der Waals surface area contributed by atoms with E-state index in [0.29, 0.717) is 0 Å². The molecule has 1 N–H and O–H groups in total. The molecule has 0 aliphatic carbocycles. The number of aryl methyl sites for hydroxylation is 2. The Morgan fingerprint density at radius 2 is 1.56 bits per heavy atom. The molecule has 0 saturated carbocycles. The molecule has 1 atom stereocenters. The summed E-state index contributed by atoms with van der Waals surface area (Å²) in [6.07, 6.45) is 0. The molecule has 39 heavy (non-hydrogen) atoms. The molecule has 0 saturated heterocycles. The highest BCUT2D eigenvalue weighted by Gasteiger charge is 2.33. The maximum atomic E-state index is 14.0. The van der Waals surface area contributed by atoms with Gasteiger partial charge in [0.25, 0.3) is 10.0 Å². The van der Waals surface area contributed by atoms with Crippen LogP contribution < -0.4 is 9.62 Å². The number of hydrogen-bond acceptors (Lipinski definition) is 4. The summed E-state index contributed by atoms with van der Waals surface area (Å²) in [5.74, 6) is -0.919. The third-order valence-electron chi connectivity index (χ3n) is 6.26. The first kappa shape index (κ1) is 30.5. The minimum atomic E-state index is -4.24. The van der Waals surface area contributed by atoms with E-state index in [2.05, 4.69) is 5.32 Å². The molecule has 0 heterocycles. The van der Waals surface area contributed by atoms with Crippen LogP contribution in [0.2, 0.25) is 10.0 Å². The molecule has 0 fully saturated rings. The van der Waals surface area contributed by atoms with Crippen LogP contribution in [0.15, 0.2) is 71.6 Å². The van der Waals surface area contributed by atoms with Crippen LogP contribution in [-0.4, -0.2) is 43.8 Å². The number of benzene rings is 3. The van der Waals surface area contributed by atoms with Gasteiger partial charge >= 0.3 is 0 Å². The lowest BCUT2D eigenvalue weighted by molar-refractivity contribution is -0.139. The Bertz CT molecular complexity index is 1440. The van der Waals surface area contributed by atoms with Crippen LogP contribution in [0.3, 0.4) is 0 Å². The molecule has 2 amide bonds.